The number of hydrogen-bond donors (Lipinski definition) is 1. The quantitative estimate of drug-likeness (QED) is 0.667. The lowest BCUT2D eigenvalue weighted by molar-refractivity contribution is 0.550. The average molecular weight is 285 g/mol. The van der Waals surface area contributed by atoms with Crippen LogP contribution in [0.4, 0.5) is 0 Å². The number of aromatic nitrogens is 2. The predicted octanol–water partition coefficient (Wildman–Crippen LogP) is 3.04. The number of rotatable bonds is 5. The highest BCUT2D eigenvalue weighted by Crippen LogP contribution is 2.34. The molecule has 0 saturated heterocycles. The zero-order chi connectivity index (χ0) is 13.8. The van der Waals surface area contributed by atoms with Crippen LogP contribution in [-0.2, 0) is 6.54 Å². The van der Waals surface area contributed by atoms with Gasteiger partial charge in [-0.25, -0.2) is 4.79 Å². The van der Waals surface area contributed by atoms with Crippen LogP contribution < -0.4 is 11.2 Å². The fourth-order valence-corrected chi connectivity index (χ4v) is 3.17. The van der Waals surface area contributed by atoms with Crippen molar-refractivity contribution in [2.45, 2.75) is 64.3 Å². The van der Waals surface area contributed by atoms with E-state index in [1.54, 1.807) is 0 Å². The Labute approximate surface area is 117 Å². The van der Waals surface area contributed by atoms with Crippen molar-refractivity contribution < 1.29 is 0 Å². The highest BCUT2D eigenvalue weighted by Gasteiger charge is 2.24. The van der Waals surface area contributed by atoms with Crippen molar-refractivity contribution in [3.8, 4) is 0 Å². The fourth-order valence-electron chi connectivity index (χ4n) is 2.85. The molecule has 1 aliphatic rings. The van der Waals surface area contributed by atoms with Crippen molar-refractivity contribution in [1.29, 1.82) is 0 Å². The summed E-state index contributed by atoms with van der Waals surface area (Å²) in [6, 6.07) is 0. The molecule has 2 rings (SSSR count). The van der Waals surface area contributed by atoms with Gasteiger partial charge in [0.2, 0.25) is 0 Å². The zero-order valence-corrected chi connectivity index (χ0v) is 12.1. The van der Waals surface area contributed by atoms with Crippen molar-refractivity contribution in [3.63, 3.8) is 0 Å². The smallest absolute Gasteiger partial charge is 0.297 e. The number of hydrogen-bond acceptors (Lipinski definition) is 2. The summed E-state index contributed by atoms with van der Waals surface area (Å²) in [5, 5.41) is 0.244. The lowest BCUT2D eigenvalue weighted by Crippen LogP contribution is -2.38. The molecule has 0 unspecified atom stereocenters. The van der Waals surface area contributed by atoms with Crippen LogP contribution in [0.3, 0.4) is 0 Å². The SMILES string of the molecule is CCCCCn1c(=O)[nH]c(Cl)c(C2CCCC2)c1=O. The lowest BCUT2D eigenvalue weighted by Gasteiger charge is -2.13. The molecule has 5 heteroatoms. The van der Waals surface area contributed by atoms with Gasteiger partial charge in [-0.2, -0.15) is 0 Å². The Bertz CT molecular complexity index is 541. The fraction of sp³-hybridized carbons (Fsp3) is 0.714. The van der Waals surface area contributed by atoms with Gasteiger partial charge >= 0.3 is 5.69 Å². The first-order valence-electron chi connectivity index (χ1n) is 7.17. The molecule has 1 heterocycles. The Morgan fingerprint density at radius 3 is 2.58 bits per heavy atom. The van der Waals surface area contributed by atoms with E-state index in [9.17, 15) is 9.59 Å². The number of halogens is 1. The molecule has 1 fully saturated rings. The van der Waals surface area contributed by atoms with Gasteiger partial charge in [-0.1, -0.05) is 44.2 Å². The van der Waals surface area contributed by atoms with Crippen molar-refractivity contribution in [2.24, 2.45) is 0 Å². The second-order valence-electron chi connectivity index (χ2n) is 5.30. The average Bonchev–Trinajstić information content (AvgIpc) is 2.87. The van der Waals surface area contributed by atoms with Gasteiger partial charge in [0.1, 0.15) is 5.15 Å². The summed E-state index contributed by atoms with van der Waals surface area (Å²) >= 11 is 6.08. The summed E-state index contributed by atoms with van der Waals surface area (Å²) in [7, 11) is 0. The Balaban J connectivity index is 2.35. The topological polar surface area (TPSA) is 54.9 Å². The van der Waals surface area contributed by atoms with Crippen molar-refractivity contribution in [3.05, 3.63) is 31.6 Å². The Kier molecular flexibility index (Phi) is 4.86. The van der Waals surface area contributed by atoms with Crippen LogP contribution in [0, 0.1) is 0 Å². The second-order valence-corrected chi connectivity index (χ2v) is 5.68. The monoisotopic (exact) mass is 284 g/mol. The van der Waals surface area contributed by atoms with Gasteiger partial charge in [0.05, 0.1) is 5.56 Å². The molecule has 19 heavy (non-hydrogen) atoms. The highest BCUT2D eigenvalue weighted by atomic mass is 35.5. The van der Waals surface area contributed by atoms with Crippen LogP contribution in [0.2, 0.25) is 5.15 Å². The lowest BCUT2D eigenvalue weighted by atomic mass is 10.0. The molecular weight excluding hydrogens is 264 g/mol. The maximum atomic E-state index is 12.5. The number of nitrogens with zero attached hydrogens (tertiary/aromatic N) is 1. The standard InChI is InChI=1S/C14H21ClN2O2/c1-2-3-6-9-17-13(18)11(10-7-4-5-8-10)12(15)16-14(17)19/h10H,2-9H2,1H3,(H,16,19). The minimum Gasteiger partial charge on any atom is -0.297 e. The Hall–Kier alpha value is -1.03. The third-order valence-electron chi connectivity index (χ3n) is 3.92. The molecule has 1 aliphatic carbocycles. The van der Waals surface area contributed by atoms with E-state index in [0.29, 0.717) is 12.1 Å². The second kappa shape index (κ2) is 6.42. The molecule has 0 aliphatic heterocycles. The van der Waals surface area contributed by atoms with E-state index in [-0.39, 0.29) is 22.3 Å². The van der Waals surface area contributed by atoms with E-state index in [0.717, 1.165) is 44.9 Å². The number of nitrogens with one attached hydrogen (secondary N) is 1. The van der Waals surface area contributed by atoms with E-state index in [1.807, 2.05) is 0 Å². The molecule has 0 radical (unpaired) electrons. The predicted molar refractivity (Wildman–Crippen MR) is 77.1 cm³/mol. The number of aromatic amines is 1. The molecule has 0 bridgehead atoms. The summed E-state index contributed by atoms with van der Waals surface area (Å²) in [6.45, 7) is 2.58. The first-order valence-corrected chi connectivity index (χ1v) is 7.55. The molecule has 1 aromatic heterocycles. The first kappa shape index (κ1) is 14.4. The van der Waals surface area contributed by atoms with Crippen molar-refractivity contribution in [1.82, 2.24) is 9.55 Å². The summed E-state index contributed by atoms with van der Waals surface area (Å²) in [4.78, 5) is 26.9. The van der Waals surface area contributed by atoms with Gasteiger partial charge in [0.25, 0.3) is 5.56 Å². The highest BCUT2D eigenvalue weighted by molar-refractivity contribution is 6.30. The Morgan fingerprint density at radius 2 is 1.95 bits per heavy atom. The van der Waals surface area contributed by atoms with Gasteiger partial charge < -0.3 is 0 Å². The minimum atomic E-state index is -0.382. The molecule has 0 aromatic carbocycles. The van der Waals surface area contributed by atoms with E-state index < -0.39 is 0 Å². The molecule has 1 N–H and O–H groups in total. The van der Waals surface area contributed by atoms with E-state index >= 15 is 0 Å². The van der Waals surface area contributed by atoms with Crippen molar-refractivity contribution >= 4 is 11.6 Å². The van der Waals surface area contributed by atoms with Gasteiger partial charge in [0, 0.05) is 6.54 Å². The molecule has 0 atom stereocenters. The largest absolute Gasteiger partial charge is 0.329 e. The number of unbranched alkanes of at least 4 members (excludes halogenated alkanes) is 2. The van der Waals surface area contributed by atoms with Crippen LogP contribution in [-0.4, -0.2) is 9.55 Å². The van der Waals surface area contributed by atoms with Gasteiger partial charge in [-0.3, -0.25) is 14.3 Å². The molecule has 1 saturated carbocycles. The maximum Gasteiger partial charge on any atom is 0.329 e. The Morgan fingerprint density at radius 1 is 1.26 bits per heavy atom. The van der Waals surface area contributed by atoms with E-state index in [4.69, 9.17) is 11.6 Å². The molecule has 106 valence electrons. The molecular formula is C14H21ClN2O2. The van der Waals surface area contributed by atoms with Crippen LogP contribution in [0.5, 0.6) is 0 Å². The summed E-state index contributed by atoms with van der Waals surface area (Å²) in [5.41, 5.74) is 0.0554. The summed E-state index contributed by atoms with van der Waals surface area (Å²) < 4.78 is 1.31. The van der Waals surface area contributed by atoms with E-state index in [1.165, 1.54) is 4.57 Å². The van der Waals surface area contributed by atoms with Crippen LogP contribution >= 0.6 is 11.6 Å². The van der Waals surface area contributed by atoms with Crippen LogP contribution in [0.1, 0.15) is 63.4 Å². The molecule has 0 spiro atoms. The molecule has 0 amide bonds. The summed E-state index contributed by atoms with van der Waals surface area (Å²) in [6.07, 6.45) is 7.20. The third-order valence-corrected chi connectivity index (χ3v) is 4.22. The minimum absolute atomic E-state index is 0.184. The third kappa shape index (κ3) is 3.11. The molecule has 4 nitrogen and oxygen atoms in total. The van der Waals surface area contributed by atoms with Crippen molar-refractivity contribution in [2.75, 3.05) is 0 Å². The summed E-state index contributed by atoms with van der Waals surface area (Å²) in [5.74, 6) is 0.217. The molecule has 1 aromatic rings. The normalized spacial score (nSPS) is 16.1. The van der Waals surface area contributed by atoms with Crippen LogP contribution in [0.25, 0.3) is 0 Å². The maximum absolute atomic E-state index is 12.5. The zero-order valence-electron chi connectivity index (χ0n) is 11.4. The van der Waals surface area contributed by atoms with Gasteiger partial charge in [0.15, 0.2) is 0 Å². The van der Waals surface area contributed by atoms with Crippen LogP contribution in [0.15, 0.2) is 9.59 Å². The van der Waals surface area contributed by atoms with Gasteiger partial charge in [-0.15, -0.1) is 0 Å². The van der Waals surface area contributed by atoms with Gasteiger partial charge in [-0.05, 0) is 25.2 Å². The number of H-pyrrole nitrogens is 1. The van der Waals surface area contributed by atoms with E-state index in [2.05, 4.69) is 11.9 Å². The first-order chi connectivity index (χ1) is 9.15.